The highest BCUT2D eigenvalue weighted by molar-refractivity contribution is 5.92. The number of hydrogen-bond acceptors (Lipinski definition) is 5. The lowest BCUT2D eigenvalue weighted by Crippen LogP contribution is -2.47. The molecule has 0 aliphatic heterocycles. The highest BCUT2D eigenvalue weighted by atomic mass is 16.2. The van der Waals surface area contributed by atoms with Gasteiger partial charge in [-0.1, -0.05) is 39.0 Å². The zero-order valence-corrected chi connectivity index (χ0v) is 18.7. The zero-order valence-electron chi connectivity index (χ0n) is 18.7. The molecule has 1 saturated carbocycles. The largest absolute Gasteiger partial charge is 0.363 e. The summed E-state index contributed by atoms with van der Waals surface area (Å²) in [7, 11) is 3.93. The molecule has 2 aromatic rings. The first-order valence-corrected chi connectivity index (χ1v) is 10.6. The van der Waals surface area contributed by atoms with E-state index in [0.29, 0.717) is 5.95 Å². The molecule has 0 unspecified atom stereocenters. The quantitative estimate of drug-likeness (QED) is 0.773. The second-order valence-corrected chi connectivity index (χ2v) is 9.26. The van der Waals surface area contributed by atoms with Crippen LogP contribution in [0.15, 0.2) is 36.5 Å². The van der Waals surface area contributed by atoms with Crippen molar-refractivity contribution in [2.75, 3.05) is 29.2 Å². The van der Waals surface area contributed by atoms with Gasteiger partial charge in [0.1, 0.15) is 5.82 Å². The molecule has 7 heteroatoms. The Hall–Kier alpha value is -2.83. The van der Waals surface area contributed by atoms with Crippen LogP contribution in [0.3, 0.4) is 0 Å². The highest BCUT2D eigenvalue weighted by Gasteiger charge is 2.32. The van der Waals surface area contributed by atoms with Crippen LogP contribution in [0.1, 0.15) is 52.0 Å². The summed E-state index contributed by atoms with van der Waals surface area (Å²) in [5.41, 5.74) is 7.85. The number of para-hydroxylation sites is 1. The van der Waals surface area contributed by atoms with Gasteiger partial charge >= 0.3 is 6.03 Å². The number of nitrogens with one attached hydrogen (secondary N) is 1. The van der Waals surface area contributed by atoms with E-state index in [1.165, 1.54) is 0 Å². The first-order chi connectivity index (χ1) is 14.2. The fourth-order valence-corrected chi connectivity index (χ4v) is 4.14. The standard InChI is InChI=1S/C23H34N6O/c1-23(2,3)18-8-6-7-9-19(18)29(21(24)30)17-12-10-16(11-13-17)26-22-25-15-14-20(27-22)28(4)5/h6-9,14-17H,10-13H2,1-5H3,(H2,24,30)(H,25,26,27)/t16-,17+. The predicted molar refractivity (Wildman–Crippen MR) is 123 cm³/mol. The summed E-state index contributed by atoms with van der Waals surface area (Å²) in [6.07, 6.45) is 5.40. The number of hydrogen-bond donors (Lipinski definition) is 2. The molecule has 1 aliphatic rings. The van der Waals surface area contributed by atoms with Crippen LogP contribution < -0.4 is 20.9 Å². The number of urea groups is 1. The third-order valence-corrected chi connectivity index (χ3v) is 5.70. The monoisotopic (exact) mass is 410 g/mol. The molecule has 0 bridgehead atoms. The summed E-state index contributed by atoms with van der Waals surface area (Å²) in [5.74, 6) is 1.52. The molecule has 1 heterocycles. The van der Waals surface area contributed by atoms with Crippen LogP contribution in [0.25, 0.3) is 0 Å². The number of nitrogens with two attached hydrogens (primary N) is 1. The lowest BCUT2D eigenvalue weighted by atomic mass is 9.84. The smallest absolute Gasteiger partial charge is 0.319 e. The number of nitrogens with zero attached hydrogens (tertiary/aromatic N) is 4. The average molecular weight is 411 g/mol. The Kier molecular flexibility index (Phi) is 6.48. The first-order valence-electron chi connectivity index (χ1n) is 10.6. The topological polar surface area (TPSA) is 87.4 Å². The normalized spacial score (nSPS) is 19.2. The first kappa shape index (κ1) is 21.9. The van der Waals surface area contributed by atoms with Crippen molar-refractivity contribution in [2.24, 2.45) is 5.73 Å². The van der Waals surface area contributed by atoms with Crippen molar-refractivity contribution in [2.45, 2.75) is 64.0 Å². The van der Waals surface area contributed by atoms with Gasteiger partial charge in [0.25, 0.3) is 0 Å². The molecule has 30 heavy (non-hydrogen) atoms. The van der Waals surface area contributed by atoms with E-state index >= 15 is 0 Å². The van der Waals surface area contributed by atoms with Crippen molar-refractivity contribution >= 4 is 23.5 Å². The van der Waals surface area contributed by atoms with E-state index < -0.39 is 0 Å². The van der Waals surface area contributed by atoms with Gasteiger partial charge in [-0.3, -0.25) is 4.90 Å². The molecule has 1 aromatic heterocycles. The zero-order chi connectivity index (χ0) is 21.9. The molecule has 162 valence electrons. The predicted octanol–water partition coefficient (Wildman–Crippen LogP) is 4.15. The number of carbonyl (C=O) groups excluding carboxylic acids is 1. The number of benzene rings is 1. The van der Waals surface area contributed by atoms with Gasteiger partial charge in [0.05, 0.1) is 0 Å². The lowest BCUT2D eigenvalue weighted by Gasteiger charge is -2.38. The van der Waals surface area contributed by atoms with Crippen molar-refractivity contribution in [3.8, 4) is 0 Å². The van der Waals surface area contributed by atoms with Crippen molar-refractivity contribution in [3.05, 3.63) is 42.1 Å². The average Bonchev–Trinajstić information content (AvgIpc) is 2.69. The maximum absolute atomic E-state index is 12.5. The Labute approximate surface area is 179 Å². The van der Waals surface area contributed by atoms with Crippen LogP contribution in [0.2, 0.25) is 0 Å². The van der Waals surface area contributed by atoms with Crippen molar-refractivity contribution in [1.29, 1.82) is 0 Å². The number of anilines is 3. The second kappa shape index (κ2) is 8.90. The third-order valence-electron chi connectivity index (χ3n) is 5.70. The molecule has 3 N–H and O–H groups in total. The Morgan fingerprint density at radius 2 is 1.77 bits per heavy atom. The van der Waals surface area contributed by atoms with Crippen LogP contribution in [0, 0.1) is 0 Å². The maximum atomic E-state index is 12.5. The SMILES string of the molecule is CN(C)c1ccnc(N[C@H]2CC[C@@H](N(C(N)=O)c3ccccc3C(C)(C)C)CC2)n1. The molecule has 2 amide bonds. The maximum Gasteiger partial charge on any atom is 0.319 e. The van der Waals surface area contributed by atoms with Gasteiger partial charge in [-0.25, -0.2) is 9.78 Å². The minimum Gasteiger partial charge on any atom is -0.363 e. The van der Waals surface area contributed by atoms with Crippen LogP contribution >= 0.6 is 0 Å². The van der Waals surface area contributed by atoms with Gasteiger partial charge in [0.2, 0.25) is 5.95 Å². The van der Waals surface area contributed by atoms with Crippen molar-refractivity contribution in [1.82, 2.24) is 9.97 Å². The molecule has 0 saturated heterocycles. The third kappa shape index (κ3) is 5.01. The number of rotatable bonds is 5. The van der Waals surface area contributed by atoms with E-state index in [0.717, 1.165) is 42.8 Å². The molecule has 1 fully saturated rings. The minimum atomic E-state index is -0.384. The number of carbonyl (C=O) groups is 1. The van der Waals surface area contributed by atoms with Gasteiger partial charge in [-0.05, 0) is 48.8 Å². The van der Waals surface area contributed by atoms with Crippen LogP contribution in [0.4, 0.5) is 22.2 Å². The molecular formula is C23H34N6O. The van der Waals surface area contributed by atoms with Gasteiger partial charge < -0.3 is 16.0 Å². The number of aromatic nitrogens is 2. The van der Waals surface area contributed by atoms with Gasteiger partial charge in [-0.2, -0.15) is 4.98 Å². The Morgan fingerprint density at radius 3 is 2.37 bits per heavy atom. The molecule has 0 spiro atoms. The van der Waals surface area contributed by atoms with E-state index in [1.807, 2.05) is 43.3 Å². The van der Waals surface area contributed by atoms with E-state index in [1.54, 1.807) is 11.1 Å². The van der Waals surface area contributed by atoms with E-state index in [-0.39, 0.29) is 23.5 Å². The molecule has 3 rings (SSSR count). The molecular weight excluding hydrogens is 376 g/mol. The fraction of sp³-hybridized carbons (Fsp3) is 0.522. The van der Waals surface area contributed by atoms with Gasteiger partial charge in [-0.15, -0.1) is 0 Å². The number of primary amides is 1. The summed E-state index contributed by atoms with van der Waals surface area (Å²) < 4.78 is 0. The van der Waals surface area contributed by atoms with Crippen molar-refractivity contribution in [3.63, 3.8) is 0 Å². The van der Waals surface area contributed by atoms with Gasteiger partial charge in [0.15, 0.2) is 0 Å². The second-order valence-electron chi connectivity index (χ2n) is 9.26. The van der Waals surface area contributed by atoms with Crippen molar-refractivity contribution < 1.29 is 4.79 Å². The van der Waals surface area contributed by atoms with E-state index in [2.05, 4.69) is 42.1 Å². The van der Waals surface area contributed by atoms with Crippen LogP contribution in [0.5, 0.6) is 0 Å². The highest BCUT2D eigenvalue weighted by Crippen LogP contribution is 2.36. The molecule has 1 aliphatic carbocycles. The number of amides is 2. The molecule has 1 aromatic carbocycles. The Bertz CT molecular complexity index is 868. The summed E-state index contributed by atoms with van der Waals surface area (Å²) in [4.78, 5) is 25.1. The summed E-state index contributed by atoms with van der Waals surface area (Å²) >= 11 is 0. The molecule has 0 atom stereocenters. The summed E-state index contributed by atoms with van der Waals surface area (Å²) in [5, 5.41) is 3.46. The van der Waals surface area contributed by atoms with Crippen LogP contribution in [-0.2, 0) is 5.41 Å². The van der Waals surface area contributed by atoms with Gasteiger partial charge in [0, 0.05) is 38.1 Å². The Balaban J connectivity index is 1.71. The van der Waals surface area contributed by atoms with Crippen LogP contribution in [-0.4, -0.2) is 42.2 Å². The summed E-state index contributed by atoms with van der Waals surface area (Å²) in [6, 6.07) is 9.98. The molecule has 7 nitrogen and oxygen atoms in total. The molecule has 0 radical (unpaired) electrons. The summed E-state index contributed by atoms with van der Waals surface area (Å²) in [6.45, 7) is 6.48. The lowest BCUT2D eigenvalue weighted by molar-refractivity contribution is 0.248. The van der Waals surface area contributed by atoms with E-state index in [9.17, 15) is 4.79 Å². The van der Waals surface area contributed by atoms with E-state index in [4.69, 9.17) is 5.73 Å². The Morgan fingerprint density at radius 1 is 1.10 bits per heavy atom. The minimum absolute atomic E-state index is 0.0716. The fourth-order valence-electron chi connectivity index (χ4n) is 4.14.